The Hall–Kier alpha value is -2.83. The number of unbranched alkanes of at least 4 members (excludes halogenated alkanes) is 1. The van der Waals surface area contributed by atoms with E-state index in [2.05, 4.69) is 4.74 Å². The Kier molecular flexibility index (Phi) is 7.91. The zero-order valence-corrected chi connectivity index (χ0v) is 12.7. The smallest absolute Gasteiger partial charge is 0.331 e. The highest BCUT2D eigenvalue weighted by Crippen LogP contribution is 2.16. The minimum atomic E-state index is -0.651. The molecule has 7 nitrogen and oxygen atoms in total. The van der Waals surface area contributed by atoms with Crippen LogP contribution >= 0.6 is 0 Å². The van der Waals surface area contributed by atoms with Gasteiger partial charge in [-0.15, -0.1) is 0 Å². The average molecular weight is 322 g/mol. The first-order valence-corrected chi connectivity index (χ1v) is 6.94. The summed E-state index contributed by atoms with van der Waals surface area (Å²) < 4.78 is 14.2. The first-order chi connectivity index (χ1) is 11.0. The van der Waals surface area contributed by atoms with Gasteiger partial charge in [0.25, 0.3) is 0 Å². The largest absolute Gasteiger partial charge is 0.508 e. The van der Waals surface area contributed by atoms with Crippen molar-refractivity contribution >= 4 is 17.9 Å². The third-order valence-electron chi connectivity index (χ3n) is 2.64. The normalized spacial score (nSPS) is 10.3. The molecule has 0 heterocycles. The molecule has 0 fully saturated rings. The van der Waals surface area contributed by atoms with Gasteiger partial charge in [-0.3, -0.25) is 4.79 Å². The van der Waals surface area contributed by atoms with Gasteiger partial charge in [-0.1, -0.05) is 0 Å². The van der Waals surface area contributed by atoms with Crippen LogP contribution in [-0.2, 0) is 23.9 Å². The summed E-state index contributed by atoms with van der Waals surface area (Å²) in [5.41, 5.74) is 0. The van der Waals surface area contributed by atoms with Crippen molar-refractivity contribution < 1.29 is 33.7 Å². The van der Waals surface area contributed by atoms with E-state index in [0.29, 0.717) is 18.6 Å². The molecule has 0 aliphatic carbocycles. The standard InChI is InChI=1S/C16H18O7/c1-21-14(18)9-10-15(19)22-11-3-2-4-16(20)23-13-7-5-12(17)6-8-13/h5-10,17H,2-4,11H2,1H3/b10-9-. The quantitative estimate of drug-likeness (QED) is 0.337. The second-order valence-corrected chi connectivity index (χ2v) is 4.45. The van der Waals surface area contributed by atoms with Crippen molar-refractivity contribution in [2.75, 3.05) is 13.7 Å². The van der Waals surface area contributed by atoms with Crippen molar-refractivity contribution in [3.05, 3.63) is 36.4 Å². The Labute approximate surface area is 133 Å². The maximum Gasteiger partial charge on any atom is 0.331 e. The number of ether oxygens (including phenoxy) is 3. The van der Waals surface area contributed by atoms with Gasteiger partial charge in [-0.05, 0) is 37.1 Å². The van der Waals surface area contributed by atoms with Crippen molar-refractivity contribution in [1.29, 1.82) is 0 Å². The summed E-state index contributed by atoms with van der Waals surface area (Å²) in [6, 6.07) is 5.82. The van der Waals surface area contributed by atoms with E-state index in [0.717, 1.165) is 12.2 Å². The first kappa shape index (κ1) is 18.2. The Morgan fingerprint density at radius 3 is 2.35 bits per heavy atom. The minimum Gasteiger partial charge on any atom is -0.508 e. The molecule has 0 aliphatic rings. The monoisotopic (exact) mass is 322 g/mol. The van der Waals surface area contributed by atoms with Crippen LogP contribution in [0.15, 0.2) is 36.4 Å². The predicted molar refractivity (Wildman–Crippen MR) is 79.7 cm³/mol. The van der Waals surface area contributed by atoms with Crippen LogP contribution < -0.4 is 4.74 Å². The number of benzene rings is 1. The Morgan fingerprint density at radius 1 is 1.04 bits per heavy atom. The number of carbonyl (C=O) groups is 3. The molecule has 0 atom stereocenters. The van der Waals surface area contributed by atoms with Crippen LogP contribution in [0.4, 0.5) is 0 Å². The van der Waals surface area contributed by atoms with Crippen molar-refractivity contribution in [3.8, 4) is 11.5 Å². The zero-order valence-electron chi connectivity index (χ0n) is 12.7. The lowest BCUT2D eigenvalue weighted by Crippen LogP contribution is -2.09. The molecule has 0 unspecified atom stereocenters. The topological polar surface area (TPSA) is 99.1 Å². The lowest BCUT2D eigenvalue weighted by molar-refractivity contribution is -0.139. The molecule has 0 aromatic heterocycles. The lowest BCUT2D eigenvalue weighted by Gasteiger charge is -2.04. The van der Waals surface area contributed by atoms with E-state index < -0.39 is 17.9 Å². The van der Waals surface area contributed by atoms with Gasteiger partial charge in [-0.2, -0.15) is 0 Å². The average Bonchev–Trinajstić information content (AvgIpc) is 2.54. The highest BCUT2D eigenvalue weighted by molar-refractivity contribution is 5.91. The molecule has 0 saturated heterocycles. The maximum atomic E-state index is 11.5. The summed E-state index contributed by atoms with van der Waals surface area (Å²) >= 11 is 0. The van der Waals surface area contributed by atoms with Crippen molar-refractivity contribution in [3.63, 3.8) is 0 Å². The SMILES string of the molecule is COC(=O)/C=C\C(=O)OCCCCC(=O)Oc1ccc(O)cc1. The van der Waals surface area contributed by atoms with E-state index >= 15 is 0 Å². The number of hydrogen-bond acceptors (Lipinski definition) is 7. The van der Waals surface area contributed by atoms with Crippen LogP contribution in [0, 0.1) is 0 Å². The number of esters is 3. The Bertz CT molecular complexity index is 560. The maximum absolute atomic E-state index is 11.5. The molecule has 1 rings (SSSR count). The first-order valence-electron chi connectivity index (χ1n) is 6.94. The van der Waals surface area contributed by atoms with Crippen LogP contribution in [0.25, 0.3) is 0 Å². The molecule has 0 saturated carbocycles. The van der Waals surface area contributed by atoms with Gasteiger partial charge in [0.05, 0.1) is 13.7 Å². The number of phenols is 1. The molecule has 0 radical (unpaired) electrons. The van der Waals surface area contributed by atoms with E-state index in [1.807, 2.05) is 0 Å². The van der Waals surface area contributed by atoms with Gasteiger partial charge in [-0.25, -0.2) is 9.59 Å². The van der Waals surface area contributed by atoms with Crippen molar-refractivity contribution in [2.45, 2.75) is 19.3 Å². The lowest BCUT2D eigenvalue weighted by atomic mass is 10.2. The van der Waals surface area contributed by atoms with Gasteiger partial charge in [0, 0.05) is 18.6 Å². The summed E-state index contributed by atoms with van der Waals surface area (Å²) in [6.45, 7) is 0.136. The van der Waals surface area contributed by atoms with Crippen molar-refractivity contribution in [1.82, 2.24) is 0 Å². The summed E-state index contributed by atoms with van der Waals surface area (Å²) in [7, 11) is 1.20. The fourth-order valence-electron chi connectivity index (χ4n) is 1.49. The summed E-state index contributed by atoms with van der Waals surface area (Å²) in [5, 5.41) is 9.11. The summed E-state index contributed by atoms with van der Waals surface area (Å²) in [5.74, 6) is -1.26. The number of hydrogen-bond donors (Lipinski definition) is 1. The molecule has 0 aliphatic heterocycles. The number of methoxy groups -OCH3 is 1. The molecule has 0 spiro atoms. The molecular weight excluding hydrogens is 304 g/mol. The minimum absolute atomic E-state index is 0.0906. The second-order valence-electron chi connectivity index (χ2n) is 4.45. The second kappa shape index (κ2) is 9.99. The Morgan fingerprint density at radius 2 is 1.70 bits per heavy atom. The molecule has 1 aromatic rings. The Balaban J connectivity index is 2.13. The van der Waals surface area contributed by atoms with Gasteiger partial charge >= 0.3 is 17.9 Å². The van der Waals surface area contributed by atoms with Crippen LogP contribution in [-0.4, -0.2) is 36.7 Å². The fourth-order valence-corrected chi connectivity index (χ4v) is 1.49. The molecule has 1 N–H and O–H groups in total. The van der Waals surface area contributed by atoms with Gasteiger partial charge in [0.2, 0.25) is 0 Å². The van der Waals surface area contributed by atoms with E-state index in [-0.39, 0.29) is 18.8 Å². The van der Waals surface area contributed by atoms with Crippen LogP contribution in [0.1, 0.15) is 19.3 Å². The molecule has 124 valence electrons. The number of carbonyl (C=O) groups excluding carboxylic acids is 3. The predicted octanol–water partition coefficient (Wildman–Crippen LogP) is 1.74. The number of aromatic hydroxyl groups is 1. The van der Waals surface area contributed by atoms with E-state index in [1.165, 1.54) is 31.4 Å². The number of phenolic OH excluding ortho intramolecular Hbond substituents is 1. The van der Waals surface area contributed by atoms with Gasteiger partial charge in [0.1, 0.15) is 11.5 Å². The molecule has 23 heavy (non-hydrogen) atoms. The highest BCUT2D eigenvalue weighted by atomic mass is 16.5. The molecular formula is C16H18O7. The van der Waals surface area contributed by atoms with Gasteiger partial charge in [0.15, 0.2) is 0 Å². The third-order valence-corrected chi connectivity index (χ3v) is 2.64. The van der Waals surface area contributed by atoms with Crippen LogP contribution in [0.5, 0.6) is 11.5 Å². The van der Waals surface area contributed by atoms with E-state index in [1.54, 1.807) is 0 Å². The van der Waals surface area contributed by atoms with Crippen LogP contribution in [0.2, 0.25) is 0 Å². The fraction of sp³-hybridized carbons (Fsp3) is 0.312. The highest BCUT2D eigenvalue weighted by Gasteiger charge is 2.05. The van der Waals surface area contributed by atoms with E-state index in [4.69, 9.17) is 14.6 Å². The van der Waals surface area contributed by atoms with Gasteiger partial charge < -0.3 is 19.3 Å². The molecule has 0 bridgehead atoms. The zero-order chi connectivity index (χ0) is 17.1. The number of rotatable bonds is 8. The van der Waals surface area contributed by atoms with Crippen LogP contribution in [0.3, 0.4) is 0 Å². The van der Waals surface area contributed by atoms with E-state index in [9.17, 15) is 14.4 Å². The van der Waals surface area contributed by atoms with Crippen molar-refractivity contribution in [2.24, 2.45) is 0 Å². The third kappa shape index (κ3) is 8.25. The summed E-state index contributed by atoms with van der Waals surface area (Å²) in [4.78, 5) is 33.5. The summed E-state index contributed by atoms with van der Waals surface area (Å²) in [6.07, 6.45) is 3.10. The molecule has 0 amide bonds. The molecule has 7 heteroatoms. The molecule has 1 aromatic carbocycles.